The standard InChI is InChI=1S/C21H19B/c1-16-14-19(21-10-6-7-13-22-21)15-17(2)20(16)12-11-18-8-4-3-5-9-18/h3-15H,1-2H3. The molecular weight excluding hydrogens is 263 g/mol. The summed E-state index contributed by atoms with van der Waals surface area (Å²) in [6, 6.07) is 21.3. The van der Waals surface area contributed by atoms with Crippen molar-refractivity contribution in [2.75, 3.05) is 0 Å². The molecule has 1 heteroatoms. The zero-order valence-electron chi connectivity index (χ0n) is 13.1. The van der Waals surface area contributed by atoms with Crippen LogP contribution in [0.25, 0.3) is 23.2 Å². The number of benzene rings is 2. The molecule has 0 saturated heterocycles. The van der Waals surface area contributed by atoms with Crippen molar-refractivity contribution < 1.29 is 0 Å². The third-order valence-corrected chi connectivity index (χ3v) is 3.94. The second-order valence-corrected chi connectivity index (χ2v) is 5.63. The molecule has 0 fully saturated rings. The molecule has 0 unspecified atom stereocenters. The van der Waals surface area contributed by atoms with Gasteiger partial charge in [-0.05, 0) is 0 Å². The van der Waals surface area contributed by atoms with Gasteiger partial charge in [0, 0.05) is 0 Å². The summed E-state index contributed by atoms with van der Waals surface area (Å²) in [5.41, 5.74) is 7.72. The van der Waals surface area contributed by atoms with Crippen molar-refractivity contribution in [1.29, 1.82) is 0 Å². The van der Waals surface area contributed by atoms with Crippen LogP contribution >= 0.6 is 0 Å². The normalized spacial score (nSPS) is 10.8. The van der Waals surface area contributed by atoms with Crippen LogP contribution in [0.3, 0.4) is 0 Å². The van der Waals surface area contributed by atoms with Crippen molar-refractivity contribution >= 4 is 19.1 Å². The zero-order valence-corrected chi connectivity index (χ0v) is 13.1. The van der Waals surface area contributed by atoms with Gasteiger partial charge in [0.05, 0.1) is 0 Å². The van der Waals surface area contributed by atoms with E-state index in [1.54, 1.807) is 0 Å². The Kier molecular flexibility index (Phi) is 4.34. The minimum atomic E-state index is 1.23. The van der Waals surface area contributed by atoms with Crippen LogP contribution in [0.2, 0.25) is 0 Å². The molecule has 0 nitrogen and oxygen atoms in total. The SMILES string of the molecule is Cc1cc(-c2bcccc2)cc(C)c1C=Cc1ccccc1. The van der Waals surface area contributed by atoms with Gasteiger partial charge in [0.25, 0.3) is 0 Å². The van der Waals surface area contributed by atoms with Crippen LogP contribution in [0.15, 0.2) is 66.6 Å². The van der Waals surface area contributed by atoms with Gasteiger partial charge in [-0.2, -0.15) is 0 Å². The second kappa shape index (κ2) is 6.57. The van der Waals surface area contributed by atoms with E-state index in [0.29, 0.717) is 0 Å². The molecule has 0 N–H and O–H groups in total. The van der Waals surface area contributed by atoms with E-state index in [1.807, 2.05) is 6.07 Å². The fourth-order valence-electron chi connectivity index (χ4n) is 2.78. The summed E-state index contributed by atoms with van der Waals surface area (Å²) in [5.74, 6) is 2.09. The summed E-state index contributed by atoms with van der Waals surface area (Å²) in [6.45, 7) is 6.53. The fraction of sp³-hybridized carbons (Fsp3) is 0.0952. The second-order valence-electron chi connectivity index (χ2n) is 5.63. The monoisotopic (exact) mass is 282 g/mol. The summed E-state index contributed by atoms with van der Waals surface area (Å²) < 4.78 is 0. The van der Waals surface area contributed by atoms with E-state index >= 15 is 0 Å². The van der Waals surface area contributed by atoms with E-state index < -0.39 is 0 Å². The summed E-state index contributed by atoms with van der Waals surface area (Å²) in [5, 5.41) is 0. The van der Waals surface area contributed by atoms with Gasteiger partial charge in [-0.1, -0.05) is 0 Å². The third-order valence-electron chi connectivity index (χ3n) is 3.94. The number of hydrogen-bond acceptors (Lipinski definition) is 0. The molecular formula is C21H19B. The van der Waals surface area contributed by atoms with Crippen LogP contribution in [-0.2, 0) is 0 Å². The zero-order chi connectivity index (χ0) is 15.4. The average Bonchev–Trinajstić information content (AvgIpc) is 2.56. The Morgan fingerprint density at radius 3 is 2.09 bits per heavy atom. The Hall–Kier alpha value is -2.41. The van der Waals surface area contributed by atoms with Crippen molar-refractivity contribution in [3.8, 4) is 11.0 Å². The van der Waals surface area contributed by atoms with Gasteiger partial charge >= 0.3 is 133 Å². The molecule has 0 aliphatic carbocycles. The van der Waals surface area contributed by atoms with Crippen LogP contribution < -0.4 is 0 Å². The molecule has 106 valence electrons. The van der Waals surface area contributed by atoms with E-state index in [9.17, 15) is 0 Å². The predicted octanol–water partition coefficient (Wildman–Crippen LogP) is 5.48. The van der Waals surface area contributed by atoms with Gasteiger partial charge in [0.2, 0.25) is 0 Å². The Labute approximate surface area is 133 Å². The molecule has 0 aliphatic rings. The number of aryl methyl sites for hydroxylation is 2. The fourth-order valence-corrected chi connectivity index (χ4v) is 2.78. The first-order chi connectivity index (χ1) is 10.7. The van der Waals surface area contributed by atoms with Gasteiger partial charge in [-0.25, -0.2) is 0 Å². The Bertz CT molecular complexity index is 764. The Balaban J connectivity index is 1.95. The van der Waals surface area contributed by atoms with Crippen LogP contribution in [0.5, 0.6) is 0 Å². The Morgan fingerprint density at radius 2 is 1.45 bits per heavy atom. The van der Waals surface area contributed by atoms with Gasteiger partial charge in [-0.15, -0.1) is 0 Å². The first-order valence-electron chi connectivity index (χ1n) is 7.64. The van der Waals surface area contributed by atoms with Crippen molar-refractivity contribution in [3.63, 3.8) is 0 Å². The molecule has 3 aromatic rings. The van der Waals surface area contributed by atoms with Gasteiger partial charge in [0.15, 0.2) is 0 Å². The van der Waals surface area contributed by atoms with Gasteiger partial charge in [0.1, 0.15) is 0 Å². The third kappa shape index (κ3) is 3.25. The van der Waals surface area contributed by atoms with Crippen molar-refractivity contribution in [1.82, 2.24) is 0 Å². The first kappa shape index (κ1) is 14.5. The minimum absolute atomic E-state index is 1.23. The van der Waals surface area contributed by atoms with E-state index in [0.717, 1.165) is 0 Å². The van der Waals surface area contributed by atoms with Crippen molar-refractivity contribution in [3.05, 3.63) is 88.9 Å². The Morgan fingerprint density at radius 1 is 0.773 bits per heavy atom. The molecule has 0 saturated carbocycles. The predicted molar refractivity (Wildman–Crippen MR) is 98.1 cm³/mol. The molecule has 1 heterocycles. The molecule has 0 spiro atoms. The van der Waals surface area contributed by atoms with Crippen molar-refractivity contribution in [2.45, 2.75) is 13.8 Å². The van der Waals surface area contributed by atoms with Crippen LogP contribution in [0.1, 0.15) is 22.3 Å². The molecule has 2 aromatic carbocycles. The van der Waals surface area contributed by atoms with Crippen LogP contribution in [0, 0.1) is 13.8 Å². The van der Waals surface area contributed by atoms with E-state index in [2.05, 4.69) is 93.5 Å². The maximum atomic E-state index is 2.27. The van der Waals surface area contributed by atoms with E-state index in [-0.39, 0.29) is 0 Å². The number of rotatable bonds is 3. The molecule has 1 aromatic heterocycles. The summed E-state index contributed by atoms with van der Waals surface area (Å²) in [6.07, 6.45) is 4.40. The molecule has 0 amide bonds. The molecule has 22 heavy (non-hydrogen) atoms. The van der Waals surface area contributed by atoms with Gasteiger partial charge < -0.3 is 0 Å². The summed E-state index contributed by atoms with van der Waals surface area (Å²) in [4.78, 5) is 0. The molecule has 0 bridgehead atoms. The van der Waals surface area contributed by atoms with Gasteiger partial charge in [-0.3, -0.25) is 0 Å². The molecule has 0 radical (unpaired) electrons. The quantitative estimate of drug-likeness (QED) is 0.558. The topological polar surface area (TPSA) is 0 Å². The van der Waals surface area contributed by atoms with Crippen LogP contribution in [0.4, 0.5) is 0 Å². The van der Waals surface area contributed by atoms with Crippen LogP contribution in [-0.4, -0.2) is 6.91 Å². The van der Waals surface area contributed by atoms with E-state index in [1.165, 1.54) is 33.3 Å². The molecule has 3 rings (SSSR count). The first-order valence-corrected chi connectivity index (χ1v) is 7.64. The summed E-state index contributed by atoms with van der Waals surface area (Å²) >= 11 is 0. The molecule has 0 aliphatic heterocycles. The maximum absolute atomic E-state index is 2.27. The average molecular weight is 282 g/mol. The molecule has 0 atom stereocenters. The number of hydrogen-bond donors (Lipinski definition) is 0. The van der Waals surface area contributed by atoms with E-state index in [4.69, 9.17) is 0 Å². The van der Waals surface area contributed by atoms with Crippen molar-refractivity contribution in [2.24, 2.45) is 0 Å². The summed E-state index contributed by atoms with van der Waals surface area (Å²) in [7, 11) is 0.